The zero-order valence-corrected chi connectivity index (χ0v) is 21.9. The predicted molar refractivity (Wildman–Crippen MR) is 131 cm³/mol. The molecule has 2 heteroatoms. The minimum atomic E-state index is -0.175. The second-order valence-corrected chi connectivity index (χ2v) is 14.3. The Labute approximate surface area is 197 Å². The molecule has 2 nitrogen and oxygen atoms in total. The Bertz CT molecular complexity index is 840. The molecular formula is C30H48O2. The molecule has 0 amide bonds. The molecule has 9 unspecified atom stereocenters. The summed E-state index contributed by atoms with van der Waals surface area (Å²) in [6, 6.07) is 0. The first kappa shape index (κ1) is 23.1. The topological polar surface area (TPSA) is 37.3 Å². The Morgan fingerprint density at radius 3 is 2.34 bits per heavy atom. The fourth-order valence-corrected chi connectivity index (χ4v) is 10.7. The number of carbonyl (C=O) groups is 1. The standard InChI is InChI=1S/C30H48O2/c1-19-10-15-30(18-31)17-16-28(6)21(25(30)20(19)2)8-9-23-27(5)13-12-24(32)26(3,4)22(27)11-14-29(23,28)7/h8,19-20,22-23,25,31H,9-18H2,1-7H3. The molecule has 0 radical (unpaired) electrons. The molecule has 1 N–H and O–H groups in total. The van der Waals surface area contributed by atoms with E-state index >= 15 is 0 Å². The van der Waals surface area contributed by atoms with Gasteiger partial charge in [0.15, 0.2) is 0 Å². The molecule has 0 aromatic heterocycles. The van der Waals surface area contributed by atoms with Gasteiger partial charge in [0.1, 0.15) is 5.78 Å². The summed E-state index contributed by atoms with van der Waals surface area (Å²) in [7, 11) is 0. The lowest BCUT2D eigenvalue weighted by Gasteiger charge is -2.71. The number of Topliss-reactive ketones (excluding diaryl/α,β-unsaturated/α-hetero) is 1. The number of rotatable bonds is 1. The van der Waals surface area contributed by atoms with Crippen LogP contribution < -0.4 is 0 Å². The smallest absolute Gasteiger partial charge is 0.138 e. The van der Waals surface area contributed by atoms with Crippen LogP contribution in [0.5, 0.6) is 0 Å². The van der Waals surface area contributed by atoms with Crippen LogP contribution in [0.1, 0.15) is 106 Å². The third kappa shape index (κ3) is 2.60. The molecule has 4 saturated carbocycles. The molecule has 5 aliphatic carbocycles. The fraction of sp³-hybridized carbons (Fsp3) is 0.900. The molecule has 0 bridgehead atoms. The molecule has 0 saturated heterocycles. The minimum absolute atomic E-state index is 0.112. The van der Waals surface area contributed by atoms with Crippen LogP contribution >= 0.6 is 0 Å². The second kappa shape index (κ2) is 6.96. The highest BCUT2D eigenvalue weighted by Gasteiger charge is 2.68. The van der Waals surface area contributed by atoms with Crippen LogP contribution in [-0.2, 0) is 4.79 Å². The molecule has 4 fully saturated rings. The van der Waals surface area contributed by atoms with Gasteiger partial charge in [0, 0.05) is 23.9 Å². The Morgan fingerprint density at radius 2 is 1.66 bits per heavy atom. The predicted octanol–water partition coefficient (Wildman–Crippen LogP) is 7.21. The van der Waals surface area contributed by atoms with E-state index in [1.807, 2.05) is 0 Å². The summed E-state index contributed by atoms with van der Waals surface area (Å²) in [5.41, 5.74) is 2.44. The van der Waals surface area contributed by atoms with Crippen molar-refractivity contribution in [2.75, 3.05) is 6.61 Å². The monoisotopic (exact) mass is 440 g/mol. The summed E-state index contributed by atoms with van der Waals surface area (Å²) in [6.45, 7) is 17.6. The van der Waals surface area contributed by atoms with Crippen molar-refractivity contribution < 1.29 is 9.90 Å². The number of fused-ring (bicyclic) bond motifs is 7. The Hall–Kier alpha value is -0.630. The van der Waals surface area contributed by atoms with Crippen molar-refractivity contribution in [2.24, 2.45) is 56.7 Å². The van der Waals surface area contributed by atoms with E-state index < -0.39 is 0 Å². The van der Waals surface area contributed by atoms with Crippen LogP contribution in [0.25, 0.3) is 0 Å². The average Bonchev–Trinajstić information content (AvgIpc) is 2.74. The highest BCUT2D eigenvalue weighted by atomic mass is 16.3. The number of hydrogen-bond donors (Lipinski definition) is 1. The van der Waals surface area contributed by atoms with Crippen molar-refractivity contribution in [3.8, 4) is 0 Å². The molecular weight excluding hydrogens is 392 g/mol. The number of carbonyl (C=O) groups excluding carboxylic acids is 1. The SMILES string of the molecule is CC1CCC2(CO)CCC3(C)C(=CCC4C5(C)CCC(=O)C(C)(C)C5CCC43C)C2C1C. The Balaban J connectivity index is 1.60. The van der Waals surface area contributed by atoms with Gasteiger partial charge in [-0.2, -0.15) is 0 Å². The quantitative estimate of drug-likeness (QED) is 0.438. The van der Waals surface area contributed by atoms with E-state index in [-0.39, 0.29) is 21.7 Å². The summed E-state index contributed by atoms with van der Waals surface area (Å²) >= 11 is 0. The summed E-state index contributed by atoms with van der Waals surface area (Å²) in [6.07, 6.45) is 13.1. The van der Waals surface area contributed by atoms with Crippen LogP contribution in [0, 0.1) is 56.7 Å². The number of aliphatic hydroxyl groups excluding tert-OH is 1. The first-order valence-electron chi connectivity index (χ1n) is 13.7. The van der Waals surface area contributed by atoms with Crippen molar-refractivity contribution in [2.45, 2.75) is 106 Å². The van der Waals surface area contributed by atoms with Gasteiger partial charge in [-0.15, -0.1) is 0 Å². The van der Waals surface area contributed by atoms with Gasteiger partial charge >= 0.3 is 0 Å². The van der Waals surface area contributed by atoms with Crippen LogP contribution in [0.4, 0.5) is 0 Å². The molecule has 0 aromatic rings. The van der Waals surface area contributed by atoms with Crippen LogP contribution in [0.3, 0.4) is 0 Å². The van der Waals surface area contributed by atoms with Gasteiger partial charge < -0.3 is 5.11 Å². The van der Waals surface area contributed by atoms with E-state index in [0.29, 0.717) is 41.5 Å². The zero-order chi connectivity index (χ0) is 23.3. The molecule has 0 heterocycles. The molecule has 5 rings (SSSR count). The zero-order valence-electron chi connectivity index (χ0n) is 21.9. The van der Waals surface area contributed by atoms with E-state index in [0.717, 1.165) is 18.8 Å². The van der Waals surface area contributed by atoms with Crippen molar-refractivity contribution in [3.63, 3.8) is 0 Å². The highest BCUT2D eigenvalue weighted by Crippen LogP contribution is 2.75. The number of ketones is 1. The van der Waals surface area contributed by atoms with Crippen molar-refractivity contribution in [1.29, 1.82) is 0 Å². The normalized spacial score (nSPS) is 54.6. The lowest BCUT2D eigenvalue weighted by molar-refractivity contribution is -0.187. The first-order chi connectivity index (χ1) is 14.9. The van der Waals surface area contributed by atoms with Gasteiger partial charge in [0.05, 0.1) is 0 Å². The van der Waals surface area contributed by atoms with Crippen LogP contribution in [0.2, 0.25) is 0 Å². The van der Waals surface area contributed by atoms with Crippen molar-refractivity contribution in [1.82, 2.24) is 0 Å². The molecule has 0 spiro atoms. The number of allylic oxidation sites excluding steroid dienone is 2. The third-order valence-corrected chi connectivity index (χ3v) is 13.2. The third-order valence-electron chi connectivity index (χ3n) is 13.2. The summed E-state index contributed by atoms with van der Waals surface area (Å²) < 4.78 is 0. The van der Waals surface area contributed by atoms with Gasteiger partial charge in [0.2, 0.25) is 0 Å². The van der Waals surface area contributed by atoms with Crippen LogP contribution in [0.15, 0.2) is 11.6 Å². The van der Waals surface area contributed by atoms with Crippen LogP contribution in [-0.4, -0.2) is 17.5 Å². The average molecular weight is 441 g/mol. The molecule has 180 valence electrons. The summed E-state index contributed by atoms with van der Waals surface area (Å²) in [4.78, 5) is 12.9. The molecule has 9 atom stereocenters. The molecule has 0 aromatic carbocycles. The minimum Gasteiger partial charge on any atom is -0.396 e. The van der Waals surface area contributed by atoms with Gasteiger partial charge in [0.25, 0.3) is 0 Å². The lowest BCUT2D eigenvalue weighted by Crippen LogP contribution is -2.64. The van der Waals surface area contributed by atoms with E-state index in [9.17, 15) is 9.90 Å². The number of hydrogen-bond acceptors (Lipinski definition) is 2. The molecule has 0 aliphatic heterocycles. The van der Waals surface area contributed by atoms with Crippen molar-refractivity contribution >= 4 is 5.78 Å². The Kier molecular flexibility index (Phi) is 5.03. The van der Waals surface area contributed by atoms with Crippen molar-refractivity contribution in [3.05, 3.63) is 11.6 Å². The van der Waals surface area contributed by atoms with E-state index in [1.54, 1.807) is 5.57 Å². The fourth-order valence-electron chi connectivity index (χ4n) is 10.7. The summed E-state index contributed by atoms with van der Waals surface area (Å²) in [5.74, 6) is 3.61. The Morgan fingerprint density at radius 1 is 0.938 bits per heavy atom. The highest BCUT2D eigenvalue weighted by molar-refractivity contribution is 5.85. The van der Waals surface area contributed by atoms with Gasteiger partial charge in [-0.05, 0) is 97.2 Å². The molecule has 32 heavy (non-hydrogen) atoms. The second-order valence-electron chi connectivity index (χ2n) is 14.3. The maximum atomic E-state index is 12.9. The van der Waals surface area contributed by atoms with Gasteiger partial charge in [-0.25, -0.2) is 0 Å². The summed E-state index contributed by atoms with van der Waals surface area (Å²) in [5, 5.41) is 10.7. The van der Waals surface area contributed by atoms with E-state index in [4.69, 9.17) is 0 Å². The largest absolute Gasteiger partial charge is 0.396 e. The van der Waals surface area contributed by atoms with Gasteiger partial charge in [-0.1, -0.05) is 60.1 Å². The maximum absolute atomic E-state index is 12.9. The number of aliphatic hydroxyl groups is 1. The van der Waals surface area contributed by atoms with E-state index in [1.165, 1.54) is 44.9 Å². The van der Waals surface area contributed by atoms with E-state index in [2.05, 4.69) is 54.5 Å². The molecule has 5 aliphatic rings. The van der Waals surface area contributed by atoms with Gasteiger partial charge in [-0.3, -0.25) is 4.79 Å². The first-order valence-corrected chi connectivity index (χ1v) is 13.7. The maximum Gasteiger partial charge on any atom is 0.138 e. The lowest BCUT2D eigenvalue weighted by atomic mass is 9.33.